The lowest BCUT2D eigenvalue weighted by atomic mass is 9.97. The highest BCUT2D eigenvalue weighted by Crippen LogP contribution is 2.15. The van der Waals surface area contributed by atoms with E-state index in [2.05, 4.69) is 25.9 Å². The van der Waals surface area contributed by atoms with E-state index >= 15 is 0 Å². The van der Waals surface area contributed by atoms with Crippen LogP contribution in [0.15, 0.2) is 24.3 Å². The topological polar surface area (TPSA) is 124 Å². The number of carbonyl (C=O) groups excluding carboxylic acids is 1. The van der Waals surface area contributed by atoms with Gasteiger partial charge in [-0.15, -0.1) is 10.2 Å². The highest BCUT2D eigenvalue weighted by Gasteiger charge is 2.28. The van der Waals surface area contributed by atoms with Gasteiger partial charge in [-0.1, -0.05) is 19.1 Å². The van der Waals surface area contributed by atoms with Crippen LogP contribution in [0.5, 0.6) is 0 Å². The summed E-state index contributed by atoms with van der Waals surface area (Å²) >= 11 is 0. The highest BCUT2D eigenvalue weighted by atomic mass is 16.3. The van der Waals surface area contributed by atoms with Crippen molar-refractivity contribution in [3.05, 3.63) is 29.8 Å². The maximum atomic E-state index is 12.2. The minimum atomic E-state index is -1.01. The number of aromatic nitrogens is 4. The molecular weight excluding hydrogens is 274 g/mol. The first-order valence-electron chi connectivity index (χ1n) is 6.52. The summed E-state index contributed by atoms with van der Waals surface area (Å²) in [5.41, 5.74) is 0.136. The van der Waals surface area contributed by atoms with E-state index in [1.165, 1.54) is 0 Å². The molecule has 0 bridgehead atoms. The van der Waals surface area contributed by atoms with Crippen molar-refractivity contribution >= 4 is 5.91 Å². The van der Waals surface area contributed by atoms with E-state index in [9.17, 15) is 15.0 Å². The summed E-state index contributed by atoms with van der Waals surface area (Å²) in [6.45, 7) is 1.13. The fraction of sp³-hybridized carbons (Fsp3) is 0.385. The van der Waals surface area contributed by atoms with Gasteiger partial charge in [0, 0.05) is 11.1 Å². The summed E-state index contributed by atoms with van der Waals surface area (Å²) in [4.78, 5) is 12.2. The molecule has 2 aromatic rings. The Morgan fingerprint density at radius 1 is 1.29 bits per heavy atom. The molecule has 0 aliphatic heterocycles. The van der Waals surface area contributed by atoms with Gasteiger partial charge in [0.15, 0.2) is 0 Å². The molecule has 0 radical (unpaired) electrons. The summed E-state index contributed by atoms with van der Waals surface area (Å²) in [6.07, 6.45) is 0.423. The highest BCUT2D eigenvalue weighted by molar-refractivity contribution is 5.95. The van der Waals surface area contributed by atoms with Gasteiger partial charge in [0.2, 0.25) is 5.82 Å². The van der Waals surface area contributed by atoms with Gasteiger partial charge < -0.3 is 15.5 Å². The Labute approximate surface area is 121 Å². The molecule has 0 saturated heterocycles. The van der Waals surface area contributed by atoms with Crippen molar-refractivity contribution in [1.82, 2.24) is 25.9 Å². The first-order valence-corrected chi connectivity index (χ1v) is 6.52. The van der Waals surface area contributed by atoms with Crippen LogP contribution < -0.4 is 5.32 Å². The number of tetrazole rings is 1. The number of H-pyrrole nitrogens is 1. The van der Waals surface area contributed by atoms with Gasteiger partial charge in [0.1, 0.15) is 0 Å². The molecule has 1 amide bonds. The molecule has 8 heteroatoms. The average Bonchev–Trinajstić information content (AvgIpc) is 3.07. The van der Waals surface area contributed by atoms with Crippen molar-refractivity contribution in [3.8, 4) is 11.4 Å². The first-order chi connectivity index (χ1) is 10.1. The van der Waals surface area contributed by atoms with E-state index < -0.39 is 5.54 Å². The normalized spacial score (nSPS) is 11.4. The maximum absolute atomic E-state index is 12.2. The van der Waals surface area contributed by atoms with Gasteiger partial charge in [-0.2, -0.15) is 5.21 Å². The zero-order chi connectivity index (χ0) is 15.3. The fourth-order valence-corrected chi connectivity index (χ4v) is 1.81. The molecule has 21 heavy (non-hydrogen) atoms. The predicted molar refractivity (Wildman–Crippen MR) is 74.3 cm³/mol. The van der Waals surface area contributed by atoms with Crippen molar-refractivity contribution in [2.24, 2.45) is 0 Å². The molecule has 4 N–H and O–H groups in total. The Balaban J connectivity index is 2.13. The molecule has 0 atom stereocenters. The van der Waals surface area contributed by atoms with E-state index in [-0.39, 0.29) is 19.1 Å². The molecular formula is C13H17N5O3. The van der Waals surface area contributed by atoms with Crippen LogP contribution >= 0.6 is 0 Å². The van der Waals surface area contributed by atoms with E-state index in [1.807, 2.05) is 0 Å². The molecule has 1 aromatic heterocycles. The monoisotopic (exact) mass is 291 g/mol. The fourth-order valence-electron chi connectivity index (χ4n) is 1.81. The predicted octanol–water partition coefficient (Wildman–Crippen LogP) is -0.270. The minimum absolute atomic E-state index is 0.327. The Hall–Kier alpha value is -2.32. The summed E-state index contributed by atoms with van der Waals surface area (Å²) in [7, 11) is 0. The Bertz CT molecular complexity index is 570. The van der Waals surface area contributed by atoms with E-state index in [0.29, 0.717) is 17.8 Å². The first kappa shape index (κ1) is 15.1. The van der Waals surface area contributed by atoms with E-state index in [1.54, 1.807) is 31.2 Å². The molecule has 2 rings (SSSR count). The number of aromatic amines is 1. The summed E-state index contributed by atoms with van der Waals surface area (Å²) in [6, 6.07) is 6.64. The Morgan fingerprint density at radius 3 is 2.43 bits per heavy atom. The zero-order valence-electron chi connectivity index (χ0n) is 11.6. The van der Waals surface area contributed by atoms with Crippen LogP contribution in [0.3, 0.4) is 0 Å². The zero-order valence-corrected chi connectivity index (χ0v) is 11.6. The third-order valence-electron chi connectivity index (χ3n) is 3.41. The molecule has 1 aromatic carbocycles. The van der Waals surface area contributed by atoms with E-state index in [0.717, 1.165) is 5.56 Å². The number of nitrogens with zero attached hydrogens (tertiary/aromatic N) is 3. The van der Waals surface area contributed by atoms with Gasteiger partial charge >= 0.3 is 0 Å². The standard InChI is InChI=1S/C13H17N5O3/c1-2-13(7-19,8-20)14-12(21)10-5-3-9(4-6-10)11-15-17-18-16-11/h3-6,19-20H,2,7-8H2,1H3,(H,14,21)(H,15,16,17,18). The van der Waals surface area contributed by atoms with Gasteiger partial charge in [0.05, 0.1) is 18.8 Å². The summed E-state index contributed by atoms with van der Waals surface area (Å²) in [5, 5.41) is 34.9. The second-order valence-electron chi connectivity index (χ2n) is 4.72. The van der Waals surface area contributed by atoms with Gasteiger partial charge in [-0.3, -0.25) is 4.79 Å². The Kier molecular flexibility index (Phi) is 4.61. The second kappa shape index (κ2) is 6.42. The minimum Gasteiger partial charge on any atom is -0.394 e. The lowest BCUT2D eigenvalue weighted by Crippen LogP contribution is -2.53. The second-order valence-corrected chi connectivity index (χ2v) is 4.72. The molecule has 0 unspecified atom stereocenters. The number of amides is 1. The van der Waals surface area contributed by atoms with Gasteiger partial charge in [-0.25, -0.2) is 0 Å². The number of hydrogen-bond donors (Lipinski definition) is 4. The number of aliphatic hydroxyl groups excluding tert-OH is 2. The molecule has 8 nitrogen and oxygen atoms in total. The number of carbonyl (C=O) groups is 1. The third kappa shape index (κ3) is 3.23. The Morgan fingerprint density at radius 2 is 1.95 bits per heavy atom. The lowest BCUT2D eigenvalue weighted by Gasteiger charge is -2.29. The number of benzene rings is 1. The number of aliphatic hydroxyl groups is 2. The SMILES string of the molecule is CCC(CO)(CO)NC(=O)c1ccc(-c2nn[nH]n2)cc1. The largest absolute Gasteiger partial charge is 0.394 e. The van der Waals surface area contributed by atoms with Crippen LogP contribution in [0.1, 0.15) is 23.7 Å². The molecule has 0 saturated carbocycles. The molecule has 0 spiro atoms. The molecule has 0 fully saturated rings. The average molecular weight is 291 g/mol. The van der Waals surface area contributed by atoms with Gasteiger partial charge in [-0.05, 0) is 23.8 Å². The van der Waals surface area contributed by atoms with E-state index in [4.69, 9.17) is 0 Å². The number of nitrogens with one attached hydrogen (secondary N) is 2. The summed E-state index contributed by atoms with van der Waals surface area (Å²) < 4.78 is 0. The summed E-state index contributed by atoms with van der Waals surface area (Å²) in [5.74, 6) is 0.0789. The van der Waals surface area contributed by atoms with Crippen LogP contribution in [0.4, 0.5) is 0 Å². The molecule has 0 aliphatic rings. The maximum Gasteiger partial charge on any atom is 0.251 e. The van der Waals surface area contributed by atoms with Crippen LogP contribution in [0.2, 0.25) is 0 Å². The number of hydrogen-bond acceptors (Lipinski definition) is 6. The van der Waals surface area contributed by atoms with Crippen molar-refractivity contribution in [2.75, 3.05) is 13.2 Å². The lowest BCUT2D eigenvalue weighted by molar-refractivity contribution is 0.0653. The third-order valence-corrected chi connectivity index (χ3v) is 3.41. The number of rotatable bonds is 6. The quantitative estimate of drug-likeness (QED) is 0.581. The van der Waals surface area contributed by atoms with Crippen molar-refractivity contribution in [3.63, 3.8) is 0 Å². The van der Waals surface area contributed by atoms with Gasteiger partial charge in [0.25, 0.3) is 5.91 Å². The van der Waals surface area contributed by atoms with Crippen LogP contribution in [0.25, 0.3) is 11.4 Å². The van der Waals surface area contributed by atoms with Crippen molar-refractivity contribution < 1.29 is 15.0 Å². The molecule has 0 aliphatic carbocycles. The van der Waals surface area contributed by atoms with Crippen LogP contribution in [-0.4, -0.2) is 55.5 Å². The van der Waals surface area contributed by atoms with Crippen molar-refractivity contribution in [2.45, 2.75) is 18.9 Å². The van der Waals surface area contributed by atoms with Crippen LogP contribution in [0, 0.1) is 0 Å². The van der Waals surface area contributed by atoms with Crippen molar-refractivity contribution in [1.29, 1.82) is 0 Å². The molecule has 112 valence electrons. The van der Waals surface area contributed by atoms with Crippen LogP contribution in [-0.2, 0) is 0 Å². The molecule has 1 heterocycles. The smallest absolute Gasteiger partial charge is 0.251 e.